The number of carbonyl (C=O) groups is 1. The fraction of sp³-hybridized carbons (Fsp3) is 0.438. The molecule has 112 valence electrons. The van der Waals surface area contributed by atoms with E-state index in [4.69, 9.17) is 17.3 Å². The number of nitrogens with one attached hydrogen (secondary N) is 2. The zero-order chi connectivity index (χ0) is 14.8. The summed E-state index contributed by atoms with van der Waals surface area (Å²) in [7, 11) is 0. The Hall–Kier alpha value is -1.52. The van der Waals surface area contributed by atoms with Gasteiger partial charge in [-0.2, -0.15) is 0 Å². The van der Waals surface area contributed by atoms with E-state index in [0.717, 1.165) is 36.6 Å². The first kappa shape index (κ1) is 14.4. The number of hydrogen-bond donors (Lipinski definition) is 3. The second kappa shape index (κ2) is 6.08. The number of fused-ring (bicyclic) bond motifs is 1. The molecular formula is C16H20ClN3O. The fourth-order valence-electron chi connectivity index (χ4n) is 2.99. The van der Waals surface area contributed by atoms with Gasteiger partial charge in [0.15, 0.2) is 0 Å². The van der Waals surface area contributed by atoms with Crippen molar-refractivity contribution in [3.63, 3.8) is 0 Å². The molecule has 0 spiro atoms. The van der Waals surface area contributed by atoms with Crippen molar-refractivity contribution in [1.82, 2.24) is 10.3 Å². The first-order valence-electron chi connectivity index (χ1n) is 7.48. The molecule has 2 atom stereocenters. The Morgan fingerprint density at radius 1 is 1.24 bits per heavy atom. The predicted molar refractivity (Wildman–Crippen MR) is 85.6 cm³/mol. The standard InChI is InChI=1S/C16H20ClN3O/c17-11-6-7-13-10(8-11)9-15(19-13)16(21)20-14-5-3-1-2-4-12(14)18/h6-9,12,14,19H,1-5,18H2,(H,20,21)/t12-,14?/m1/s1. The lowest BCUT2D eigenvalue weighted by atomic mass is 10.0. The summed E-state index contributed by atoms with van der Waals surface area (Å²) in [6.07, 6.45) is 5.41. The maximum Gasteiger partial charge on any atom is 0.268 e. The number of rotatable bonds is 2. The van der Waals surface area contributed by atoms with E-state index in [2.05, 4.69) is 10.3 Å². The number of carbonyl (C=O) groups excluding carboxylic acids is 1. The van der Waals surface area contributed by atoms with Crippen LogP contribution in [0.5, 0.6) is 0 Å². The summed E-state index contributed by atoms with van der Waals surface area (Å²) in [5, 5.41) is 4.68. The molecule has 4 N–H and O–H groups in total. The van der Waals surface area contributed by atoms with Crippen LogP contribution in [0.1, 0.15) is 42.6 Å². The Labute approximate surface area is 129 Å². The maximum atomic E-state index is 12.4. The zero-order valence-corrected chi connectivity index (χ0v) is 12.6. The smallest absolute Gasteiger partial charge is 0.268 e. The molecule has 1 saturated carbocycles. The van der Waals surface area contributed by atoms with Crippen molar-refractivity contribution >= 4 is 28.4 Å². The van der Waals surface area contributed by atoms with Crippen molar-refractivity contribution < 1.29 is 4.79 Å². The molecule has 1 aromatic carbocycles. The van der Waals surface area contributed by atoms with Crippen molar-refractivity contribution in [2.24, 2.45) is 5.73 Å². The number of halogens is 1. The average Bonchev–Trinajstić information content (AvgIpc) is 2.78. The normalized spacial score (nSPS) is 23.0. The van der Waals surface area contributed by atoms with E-state index < -0.39 is 0 Å². The lowest BCUT2D eigenvalue weighted by Crippen LogP contribution is -2.47. The molecule has 1 heterocycles. The lowest BCUT2D eigenvalue weighted by Gasteiger charge is -2.22. The molecule has 0 radical (unpaired) electrons. The third-order valence-corrected chi connectivity index (χ3v) is 4.45. The molecule has 3 rings (SSSR count). The molecule has 1 fully saturated rings. The third-order valence-electron chi connectivity index (χ3n) is 4.21. The molecule has 4 nitrogen and oxygen atoms in total. The fourth-order valence-corrected chi connectivity index (χ4v) is 3.17. The summed E-state index contributed by atoms with van der Waals surface area (Å²) in [5.74, 6) is -0.0929. The highest BCUT2D eigenvalue weighted by molar-refractivity contribution is 6.31. The lowest BCUT2D eigenvalue weighted by molar-refractivity contribution is 0.0924. The molecule has 1 unspecified atom stereocenters. The molecule has 21 heavy (non-hydrogen) atoms. The zero-order valence-electron chi connectivity index (χ0n) is 11.9. The highest BCUT2D eigenvalue weighted by Gasteiger charge is 2.23. The van der Waals surface area contributed by atoms with Crippen LogP contribution >= 0.6 is 11.6 Å². The second-order valence-electron chi connectivity index (χ2n) is 5.80. The molecular weight excluding hydrogens is 286 g/mol. The van der Waals surface area contributed by atoms with E-state index >= 15 is 0 Å². The van der Waals surface area contributed by atoms with Gasteiger partial charge in [-0.25, -0.2) is 0 Å². The Morgan fingerprint density at radius 2 is 2.05 bits per heavy atom. The van der Waals surface area contributed by atoms with Gasteiger partial charge >= 0.3 is 0 Å². The second-order valence-corrected chi connectivity index (χ2v) is 6.23. The molecule has 1 aliphatic rings. The van der Waals surface area contributed by atoms with E-state index in [0.29, 0.717) is 10.7 Å². The van der Waals surface area contributed by atoms with Crippen molar-refractivity contribution in [2.75, 3.05) is 0 Å². The highest BCUT2D eigenvalue weighted by Crippen LogP contribution is 2.21. The van der Waals surface area contributed by atoms with Crippen LogP contribution in [0.2, 0.25) is 5.02 Å². The van der Waals surface area contributed by atoms with Gasteiger partial charge in [-0.3, -0.25) is 4.79 Å². The van der Waals surface area contributed by atoms with E-state index in [1.165, 1.54) is 6.42 Å². The van der Waals surface area contributed by atoms with Gasteiger partial charge < -0.3 is 16.0 Å². The van der Waals surface area contributed by atoms with Crippen LogP contribution in [0.15, 0.2) is 24.3 Å². The highest BCUT2D eigenvalue weighted by atomic mass is 35.5. The predicted octanol–water partition coefficient (Wildman–Crippen LogP) is 3.21. The number of aromatic amines is 1. The van der Waals surface area contributed by atoms with Gasteiger partial charge in [0.05, 0.1) is 0 Å². The first-order valence-corrected chi connectivity index (χ1v) is 7.86. The summed E-state index contributed by atoms with van der Waals surface area (Å²) in [4.78, 5) is 15.5. The van der Waals surface area contributed by atoms with Gasteiger partial charge in [0.25, 0.3) is 5.91 Å². The van der Waals surface area contributed by atoms with E-state index in [9.17, 15) is 4.79 Å². The third kappa shape index (κ3) is 3.22. The number of amides is 1. The monoisotopic (exact) mass is 305 g/mol. The van der Waals surface area contributed by atoms with Crippen molar-refractivity contribution in [3.8, 4) is 0 Å². The van der Waals surface area contributed by atoms with Gasteiger partial charge in [-0.05, 0) is 37.1 Å². The summed E-state index contributed by atoms with van der Waals surface area (Å²) >= 11 is 5.97. The van der Waals surface area contributed by atoms with Crippen LogP contribution in [0, 0.1) is 0 Å². The molecule has 0 aliphatic heterocycles. The van der Waals surface area contributed by atoms with Crippen molar-refractivity contribution in [2.45, 2.75) is 44.2 Å². The molecule has 1 aliphatic carbocycles. The van der Waals surface area contributed by atoms with E-state index in [1.54, 1.807) is 0 Å². The van der Waals surface area contributed by atoms with Crippen LogP contribution in [0.3, 0.4) is 0 Å². The number of H-pyrrole nitrogens is 1. The van der Waals surface area contributed by atoms with Gasteiger partial charge in [0.2, 0.25) is 0 Å². The average molecular weight is 306 g/mol. The minimum Gasteiger partial charge on any atom is -0.351 e. The molecule has 2 aromatic rings. The van der Waals surface area contributed by atoms with E-state index in [-0.39, 0.29) is 18.0 Å². The van der Waals surface area contributed by atoms with Crippen molar-refractivity contribution in [3.05, 3.63) is 35.0 Å². The molecule has 0 bridgehead atoms. The summed E-state index contributed by atoms with van der Waals surface area (Å²) in [6, 6.07) is 7.49. The van der Waals surface area contributed by atoms with Gasteiger partial charge in [0, 0.05) is 28.0 Å². The Bertz CT molecular complexity index is 652. The SMILES string of the molecule is N[C@@H]1CCCCCC1NC(=O)c1cc2cc(Cl)ccc2[nH]1. The van der Waals surface area contributed by atoms with Crippen molar-refractivity contribution in [1.29, 1.82) is 0 Å². The Kier molecular flexibility index (Phi) is 4.17. The van der Waals surface area contributed by atoms with Crippen LogP contribution < -0.4 is 11.1 Å². The topological polar surface area (TPSA) is 70.9 Å². The quantitative estimate of drug-likeness (QED) is 0.746. The molecule has 5 heteroatoms. The number of nitrogens with two attached hydrogens (primary N) is 1. The summed E-state index contributed by atoms with van der Waals surface area (Å²) < 4.78 is 0. The largest absolute Gasteiger partial charge is 0.351 e. The molecule has 1 amide bonds. The van der Waals surface area contributed by atoms with Gasteiger partial charge in [-0.1, -0.05) is 30.9 Å². The van der Waals surface area contributed by atoms with Crippen LogP contribution in [0.4, 0.5) is 0 Å². The Balaban J connectivity index is 1.76. The number of hydrogen-bond acceptors (Lipinski definition) is 2. The minimum absolute atomic E-state index is 0.0512. The minimum atomic E-state index is -0.0929. The molecule has 1 aromatic heterocycles. The summed E-state index contributed by atoms with van der Waals surface area (Å²) in [5.41, 5.74) is 7.63. The molecule has 0 saturated heterocycles. The summed E-state index contributed by atoms with van der Waals surface area (Å²) in [6.45, 7) is 0. The van der Waals surface area contributed by atoms with E-state index in [1.807, 2.05) is 24.3 Å². The van der Waals surface area contributed by atoms with Gasteiger partial charge in [-0.15, -0.1) is 0 Å². The van der Waals surface area contributed by atoms with Crippen LogP contribution in [-0.4, -0.2) is 23.0 Å². The maximum absolute atomic E-state index is 12.4. The Morgan fingerprint density at radius 3 is 2.90 bits per heavy atom. The first-order chi connectivity index (χ1) is 10.1. The number of benzene rings is 1. The number of aromatic nitrogens is 1. The van der Waals surface area contributed by atoms with Crippen LogP contribution in [0.25, 0.3) is 10.9 Å². The van der Waals surface area contributed by atoms with Crippen LogP contribution in [-0.2, 0) is 0 Å². The van der Waals surface area contributed by atoms with Gasteiger partial charge in [0.1, 0.15) is 5.69 Å².